The first-order valence-corrected chi connectivity index (χ1v) is 25.0. The molecule has 0 spiro atoms. The topological polar surface area (TPSA) is 428 Å². The number of carbonyl (C=O) groups excluding carboxylic acids is 7. The number of urea groups is 1. The molecule has 8 amide bonds. The average molecular weight is 1100 g/mol. The van der Waals surface area contributed by atoms with Gasteiger partial charge in [0.1, 0.15) is 36.3 Å². The van der Waals surface area contributed by atoms with Crippen molar-refractivity contribution in [1.29, 1.82) is 0 Å². The van der Waals surface area contributed by atoms with Crippen LogP contribution in [0, 0.1) is 11.3 Å². The Bertz CT molecular complexity index is 2390. The van der Waals surface area contributed by atoms with E-state index in [9.17, 15) is 78.0 Å². The minimum Gasteiger partial charge on any atom is -0.481 e. The van der Waals surface area contributed by atoms with Gasteiger partial charge in [-0.1, -0.05) is 74.5 Å². The maximum Gasteiger partial charge on any atom is 0.327 e. The molecule has 2 aromatic carbocycles. The van der Waals surface area contributed by atoms with E-state index >= 15 is 0 Å². The van der Waals surface area contributed by atoms with E-state index in [1.807, 2.05) is 19.2 Å². The molecule has 7 atom stereocenters. The molecule has 27 heteroatoms. The van der Waals surface area contributed by atoms with Crippen molar-refractivity contribution < 1.29 is 83.1 Å². The van der Waals surface area contributed by atoms with Crippen LogP contribution in [0.25, 0.3) is 0 Å². The third-order valence-electron chi connectivity index (χ3n) is 11.9. The number of aliphatic carboxylic acids is 5. The number of carboxylic acids is 5. The van der Waals surface area contributed by atoms with Gasteiger partial charge in [-0.15, -0.1) is 0 Å². The minimum atomic E-state index is -1.74. The second kappa shape index (κ2) is 31.9. The highest BCUT2D eigenvalue weighted by Crippen LogP contribution is 2.30. The van der Waals surface area contributed by atoms with Gasteiger partial charge in [-0.25, -0.2) is 19.2 Å². The predicted octanol–water partition coefficient (Wildman–Crippen LogP) is -0.467. The monoisotopic (exact) mass is 1100 g/mol. The van der Waals surface area contributed by atoms with Gasteiger partial charge >= 0.3 is 35.9 Å². The lowest BCUT2D eigenvalue weighted by molar-refractivity contribution is -0.143. The van der Waals surface area contributed by atoms with E-state index in [4.69, 9.17) is 10.8 Å². The second-order valence-corrected chi connectivity index (χ2v) is 20.0. The molecule has 15 N–H and O–H groups in total. The van der Waals surface area contributed by atoms with Crippen LogP contribution in [-0.2, 0) is 65.6 Å². The Balaban J connectivity index is 2.12. The molecule has 0 saturated heterocycles. The SMILES string of the molecule is CC(C)(CCC(C)(C)NC(=O)CCC(NC(=O)NC(CCC(=O)O)C(=O)O)C(=O)O)CC(=O)NCC(Cc1ccccc1)C(=O)NC(Cc1ccccc1)C(=O)NCC(N)C(=O)NC(CC(=O)O)C(=O)NC(CS)C(=O)O. The lowest BCUT2D eigenvalue weighted by atomic mass is 9.80. The van der Waals surface area contributed by atoms with Crippen molar-refractivity contribution in [1.82, 2.24) is 42.5 Å². The zero-order valence-electron chi connectivity index (χ0n) is 43.2. The smallest absolute Gasteiger partial charge is 0.327 e. The first kappa shape index (κ1) is 65.3. The molecule has 0 aromatic heterocycles. The van der Waals surface area contributed by atoms with Gasteiger partial charge < -0.3 is 73.8 Å². The average Bonchev–Trinajstić information content (AvgIpc) is 3.34. The summed E-state index contributed by atoms with van der Waals surface area (Å²) in [6.45, 7) is 6.41. The van der Waals surface area contributed by atoms with Crippen molar-refractivity contribution in [3.8, 4) is 0 Å². The lowest BCUT2D eigenvalue weighted by Gasteiger charge is -2.32. The number of thiol groups is 1. The van der Waals surface area contributed by atoms with E-state index in [0.717, 1.165) is 5.56 Å². The van der Waals surface area contributed by atoms with Crippen LogP contribution >= 0.6 is 12.6 Å². The number of hydrogen-bond acceptors (Lipinski definition) is 14. The standard InChI is InChI=1S/C50H71N9O17S/c1-49(2,19-20-50(3,4)59-37(60)17-15-32(45(70)71)57-48(76)58-33(46(72)73)16-18-39(62)63)24-38(61)52-25-30(21-28-11-7-5-8-12-28)41(66)54-34(22-29-13-9-6-10-14-29)43(68)53-26-31(51)42(67)55-35(23-40(64)65)44(69)56-36(27-77)47(74)75/h5-14,30-36,77H,15-27,51H2,1-4H3,(H,52,61)(H,53,68)(H,54,66)(H,55,67)(H,56,69)(H,59,60)(H,62,63)(H,64,65)(H,70,71)(H,72,73)(H,74,75)(H2,57,58,76). The van der Waals surface area contributed by atoms with E-state index in [2.05, 4.69) is 49.8 Å². The van der Waals surface area contributed by atoms with Crippen molar-refractivity contribution in [2.24, 2.45) is 17.1 Å². The van der Waals surface area contributed by atoms with Crippen LogP contribution in [-0.4, -0.2) is 157 Å². The molecule has 0 aliphatic carbocycles. The lowest BCUT2D eigenvalue weighted by Crippen LogP contribution is -2.58. The van der Waals surface area contributed by atoms with E-state index < -0.39 is 150 Å². The number of hydrogen-bond donors (Lipinski definition) is 15. The molecule has 26 nitrogen and oxygen atoms in total. The molecule has 0 aliphatic heterocycles. The summed E-state index contributed by atoms with van der Waals surface area (Å²) >= 11 is 3.86. The van der Waals surface area contributed by atoms with Crippen LogP contribution in [0.1, 0.15) is 90.2 Å². The first-order valence-electron chi connectivity index (χ1n) is 24.4. The summed E-state index contributed by atoms with van der Waals surface area (Å²) in [6.07, 6.45) is -1.84. The highest BCUT2D eigenvalue weighted by molar-refractivity contribution is 7.80. The van der Waals surface area contributed by atoms with Gasteiger partial charge in [0, 0.05) is 50.1 Å². The molecular formula is C50H71N9O17S. The van der Waals surface area contributed by atoms with Crippen LogP contribution in [0.5, 0.6) is 0 Å². The summed E-state index contributed by atoms with van der Waals surface area (Å²) in [5.41, 5.74) is 5.90. The van der Waals surface area contributed by atoms with Crippen LogP contribution in [0.3, 0.4) is 0 Å². The van der Waals surface area contributed by atoms with Crippen molar-refractivity contribution >= 4 is 83.9 Å². The van der Waals surface area contributed by atoms with Crippen LogP contribution in [0.15, 0.2) is 60.7 Å². The molecule has 7 unspecified atom stereocenters. The molecule has 0 aliphatic rings. The minimum absolute atomic E-state index is 0.0170. The summed E-state index contributed by atoms with van der Waals surface area (Å²) in [7, 11) is 0. The number of carbonyl (C=O) groups is 12. The molecular weight excluding hydrogens is 1030 g/mol. The molecule has 0 heterocycles. The summed E-state index contributed by atoms with van der Waals surface area (Å²) in [6, 6.07) is 7.12. The molecule has 2 rings (SSSR count). The highest BCUT2D eigenvalue weighted by Gasteiger charge is 2.33. The normalized spacial score (nSPS) is 14.0. The Kier molecular flexibility index (Phi) is 27.1. The zero-order valence-corrected chi connectivity index (χ0v) is 44.1. The molecule has 0 radical (unpaired) electrons. The molecule has 0 fully saturated rings. The predicted molar refractivity (Wildman–Crippen MR) is 278 cm³/mol. The van der Waals surface area contributed by atoms with E-state index in [1.165, 1.54) is 0 Å². The number of nitrogens with one attached hydrogen (secondary N) is 8. The number of rotatable bonds is 35. The Morgan fingerprint density at radius 3 is 1.55 bits per heavy atom. The fourth-order valence-electron chi connectivity index (χ4n) is 7.44. The van der Waals surface area contributed by atoms with Crippen LogP contribution in [0.4, 0.5) is 4.79 Å². The first-order chi connectivity index (χ1) is 36.0. The highest BCUT2D eigenvalue weighted by atomic mass is 32.1. The van der Waals surface area contributed by atoms with Crippen molar-refractivity contribution in [3.63, 3.8) is 0 Å². The summed E-state index contributed by atoms with van der Waals surface area (Å²) in [4.78, 5) is 150. The number of nitrogens with two attached hydrogens (primary N) is 1. The van der Waals surface area contributed by atoms with Crippen LogP contribution in [0.2, 0.25) is 0 Å². The zero-order chi connectivity index (χ0) is 58.0. The molecule has 77 heavy (non-hydrogen) atoms. The van der Waals surface area contributed by atoms with Crippen molar-refractivity contribution in [3.05, 3.63) is 71.8 Å². The maximum atomic E-state index is 14.2. The number of benzene rings is 2. The Morgan fingerprint density at radius 1 is 0.532 bits per heavy atom. The number of amides is 8. The largest absolute Gasteiger partial charge is 0.481 e. The molecule has 0 bridgehead atoms. The van der Waals surface area contributed by atoms with Gasteiger partial charge in [-0.2, -0.15) is 12.6 Å². The fraction of sp³-hybridized carbons (Fsp3) is 0.520. The number of carboxylic acid groups (broad SMARTS) is 5. The van der Waals surface area contributed by atoms with Crippen molar-refractivity contribution in [2.45, 2.75) is 134 Å². The summed E-state index contributed by atoms with van der Waals surface area (Å²) in [5.74, 6) is -13.1. The second-order valence-electron chi connectivity index (χ2n) is 19.7. The Morgan fingerprint density at radius 2 is 1.04 bits per heavy atom. The fourth-order valence-corrected chi connectivity index (χ4v) is 7.69. The third-order valence-corrected chi connectivity index (χ3v) is 12.2. The van der Waals surface area contributed by atoms with Crippen molar-refractivity contribution in [2.75, 3.05) is 18.8 Å². The summed E-state index contributed by atoms with van der Waals surface area (Å²) < 4.78 is 0. The van der Waals surface area contributed by atoms with Crippen LogP contribution < -0.4 is 48.3 Å². The maximum absolute atomic E-state index is 14.2. The summed E-state index contributed by atoms with van der Waals surface area (Å²) in [5, 5.41) is 65.7. The van der Waals surface area contributed by atoms with Gasteiger partial charge in [0.2, 0.25) is 35.4 Å². The van der Waals surface area contributed by atoms with E-state index in [1.54, 1.807) is 74.5 Å². The van der Waals surface area contributed by atoms with E-state index in [0.29, 0.717) is 18.4 Å². The third kappa shape index (κ3) is 26.0. The van der Waals surface area contributed by atoms with E-state index in [-0.39, 0.29) is 44.4 Å². The molecule has 2 aromatic rings. The molecule has 424 valence electrons. The van der Waals surface area contributed by atoms with Gasteiger partial charge in [0.25, 0.3) is 0 Å². The van der Waals surface area contributed by atoms with Gasteiger partial charge in [-0.05, 0) is 62.5 Å². The quantitative estimate of drug-likeness (QED) is 0.0388. The Labute approximate surface area is 449 Å². The molecule has 0 saturated carbocycles. The van der Waals surface area contributed by atoms with Gasteiger partial charge in [0.15, 0.2) is 0 Å². The Hall–Kier alpha value is -7.81. The van der Waals surface area contributed by atoms with Gasteiger partial charge in [0.05, 0.1) is 12.3 Å². The van der Waals surface area contributed by atoms with Gasteiger partial charge in [-0.3, -0.25) is 38.4 Å².